The number of piperidine rings is 1. The van der Waals surface area contributed by atoms with Gasteiger partial charge in [0.25, 0.3) is 5.69 Å². The standard InChI is InChI=1S/C14H20N4O4S/c15-11-4-5-13(18(19)20)14(9-11)16-6-1-3-12(10-16)17-7-2-8-23(17,21)22/h4-5,9,12H,1-3,6-8,10,15H2/t12-/m0/s1. The maximum atomic E-state index is 12.1. The van der Waals surface area contributed by atoms with Gasteiger partial charge in [0.2, 0.25) is 10.0 Å². The highest BCUT2D eigenvalue weighted by atomic mass is 32.2. The first kappa shape index (κ1) is 16.0. The molecule has 0 radical (unpaired) electrons. The van der Waals surface area contributed by atoms with Crippen LogP contribution in [0.4, 0.5) is 17.1 Å². The van der Waals surface area contributed by atoms with Gasteiger partial charge < -0.3 is 10.6 Å². The molecule has 2 fully saturated rings. The summed E-state index contributed by atoms with van der Waals surface area (Å²) < 4.78 is 25.8. The van der Waals surface area contributed by atoms with Crippen molar-refractivity contribution in [2.24, 2.45) is 0 Å². The van der Waals surface area contributed by atoms with Gasteiger partial charge in [-0.3, -0.25) is 10.1 Å². The maximum Gasteiger partial charge on any atom is 0.292 e. The molecule has 3 rings (SSSR count). The summed E-state index contributed by atoms with van der Waals surface area (Å²) in [6.45, 7) is 1.66. The van der Waals surface area contributed by atoms with E-state index in [4.69, 9.17) is 5.73 Å². The van der Waals surface area contributed by atoms with Gasteiger partial charge in [0.1, 0.15) is 5.69 Å². The Morgan fingerprint density at radius 1 is 1.26 bits per heavy atom. The van der Waals surface area contributed by atoms with Gasteiger partial charge in [-0.1, -0.05) is 0 Å². The number of nitro groups is 1. The lowest BCUT2D eigenvalue weighted by atomic mass is 10.0. The van der Waals surface area contributed by atoms with Crippen molar-refractivity contribution in [3.05, 3.63) is 28.3 Å². The highest BCUT2D eigenvalue weighted by Crippen LogP contribution is 2.33. The predicted molar refractivity (Wildman–Crippen MR) is 87.9 cm³/mol. The lowest BCUT2D eigenvalue weighted by Gasteiger charge is -2.37. The molecule has 1 aromatic carbocycles. The number of rotatable bonds is 3. The molecule has 8 nitrogen and oxygen atoms in total. The zero-order chi connectivity index (χ0) is 16.6. The molecular formula is C14H20N4O4S. The van der Waals surface area contributed by atoms with Crippen molar-refractivity contribution in [2.75, 3.05) is 36.0 Å². The fourth-order valence-corrected chi connectivity index (χ4v) is 5.19. The predicted octanol–water partition coefficient (Wildman–Crippen LogP) is 1.18. The van der Waals surface area contributed by atoms with E-state index in [9.17, 15) is 18.5 Å². The first-order chi connectivity index (χ1) is 10.9. The lowest BCUT2D eigenvalue weighted by molar-refractivity contribution is -0.384. The van der Waals surface area contributed by atoms with E-state index in [1.165, 1.54) is 12.1 Å². The van der Waals surface area contributed by atoms with Crippen LogP contribution in [0.3, 0.4) is 0 Å². The van der Waals surface area contributed by atoms with Crippen molar-refractivity contribution in [1.29, 1.82) is 0 Å². The SMILES string of the molecule is Nc1ccc([N+](=O)[O-])c(N2CCC[C@H](N3CCCS3(=O)=O)C2)c1. The number of nitrogen functional groups attached to an aromatic ring is 1. The highest BCUT2D eigenvalue weighted by Gasteiger charge is 2.37. The van der Waals surface area contributed by atoms with Crippen molar-refractivity contribution >= 4 is 27.1 Å². The number of nitrogens with zero attached hydrogens (tertiary/aromatic N) is 3. The summed E-state index contributed by atoms with van der Waals surface area (Å²) >= 11 is 0. The Kier molecular flexibility index (Phi) is 4.15. The van der Waals surface area contributed by atoms with E-state index in [0.29, 0.717) is 37.4 Å². The van der Waals surface area contributed by atoms with Crippen LogP contribution in [-0.4, -0.2) is 49.1 Å². The van der Waals surface area contributed by atoms with Crippen molar-refractivity contribution in [1.82, 2.24) is 4.31 Å². The number of benzene rings is 1. The van der Waals surface area contributed by atoms with Crippen molar-refractivity contribution < 1.29 is 13.3 Å². The fourth-order valence-electron chi connectivity index (χ4n) is 3.43. The summed E-state index contributed by atoms with van der Waals surface area (Å²) in [5, 5.41) is 11.2. The Balaban J connectivity index is 1.87. The van der Waals surface area contributed by atoms with Crippen LogP contribution >= 0.6 is 0 Å². The number of hydrogen-bond donors (Lipinski definition) is 1. The molecule has 0 aromatic heterocycles. The second-order valence-corrected chi connectivity index (χ2v) is 8.07. The Labute approximate surface area is 135 Å². The molecule has 0 aliphatic carbocycles. The third-order valence-corrected chi connectivity index (χ3v) is 6.48. The Morgan fingerprint density at radius 2 is 2.04 bits per heavy atom. The zero-order valence-electron chi connectivity index (χ0n) is 12.7. The van der Waals surface area contributed by atoms with Crippen LogP contribution in [0, 0.1) is 10.1 Å². The van der Waals surface area contributed by atoms with Gasteiger partial charge >= 0.3 is 0 Å². The molecule has 0 saturated carbocycles. The van der Waals surface area contributed by atoms with E-state index in [1.807, 2.05) is 4.90 Å². The molecule has 23 heavy (non-hydrogen) atoms. The lowest BCUT2D eigenvalue weighted by Crippen LogP contribution is -2.48. The number of nitro benzene ring substituents is 1. The molecule has 1 aromatic rings. The minimum absolute atomic E-state index is 0.00382. The molecule has 2 aliphatic heterocycles. The van der Waals surface area contributed by atoms with E-state index in [2.05, 4.69) is 0 Å². The van der Waals surface area contributed by atoms with Crippen LogP contribution in [0.15, 0.2) is 18.2 Å². The topological polar surface area (TPSA) is 110 Å². The molecular weight excluding hydrogens is 320 g/mol. The average molecular weight is 340 g/mol. The van der Waals surface area contributed by atoms with E-state index in [-0.39, 0.29) is 17.5 Å². The Bertz CT molecular complexity index is 721. The van der Waals surface area contributed by atoms with E-state index < -0.39 is 14.9 Å². The number of hydrogen-bond acceptors (Lipinski definition) is 6. The molecule has 2 heterocycles. The number of nitrogens with two attached hydrogens (primary N) is 1. The monoisotopic (exact) mass is 340 g/mol. The van der Waals surface area contributed by atoms with Gasteiger partial charge in [0, 0.05) is 37.4 Å². The summed E-state index contributed by atoms with van der Waals surface area (Å²) in [5.41, 5.74) is 6.71. The van der Waals surface area contributed by atoms with E-state index in [1.54, 1.807) is 10.4 Å². The molecule has 0 spiro atoms. The summed E-state index contributed by atoms with van der Waals surface area (Å²) in [7, 11) is -3.18. The van der Waals surface area contributed by atoms with Crippen LogP contribution in [0.25, 0.3) is 0 Å². The molecule has 1 atom stereocenters. The number of sulfonamides is 1. The first-order valence-electron chi connectivity index (χ1n) is 7.67. The average Bonchev–Trinajstić information content (AvgIpc) is 2.86. The first-order valence-corrected chi connectivity index (χ1v) is 9.28. The molecule has 2 N–H and O–H groups in total. The minimum Gasteiger partial charge on any atom is -0.399 e. The summed E-state index contributed by atoms with van der Waals surface area (Å²) in [6, 6.07) is 4.38. The van der Waals surface area contributed by atoms with Crippen LogP contribution in [0.5, 0.6) is 0 Å². The molecule has 9 heteroatoms. The second-order valence-electron chi connectivity index (χ2n) is 6.03. The summed E-state index contributed by atoms with van der Waals surface area (Å²) in [5.74, 6) is 0.196. The van der Waals surface area contributed by atoms with Gasteiger partial charge in [0.15, 0.2) is 0 Å². The van der Waals surface area contributed by atoms with E-state index in [0.717, 1.165) is 12.8 Å². The van der Waals surface area contributed by atoms with Crippen LogP contribution < -0.4 is 10.6 Å². The van der Waals surface area contributed by atoms with Gasteiger partial charge in [0.05, 0.1) is 10.7 Å². The van der Waals surface area contributed by atoms with Crippen LogP contribution in [0.1, 0.15) is 19.3 Å². The third-order valence-electron chi connectivity index (χ3n) is 4.48. The zero-order valence-corrected chi connectivity index (χ0v) is 13.5. The quantitative estimate of drug-likeness (QED) is 0.503. The van der Waals surface area contributed by atoms with Gasteiger partial charge in [-0.25, -0.2) is 8.42 Å². The fraction of sp³-hybridized carbons (Fsp3) is 0.571. The number of anilines is 2. The van der Waals surface area contributed by atoms with Crippen molar-refractivity contribution in [3.8, 4) is 0 Å². The summed E-state index contributed by atoms with van der Waals surface area (Å²) in [4.78, 5) is 12.7. The van der Waals surface area contributed by atoms with Crippen LogP contribution in [-0.2, 0) is 10.0 Å². The molecule has 2 saturated heterocycles. The highest BCUT2D eigenvalue weighted by molar-refractivity contribution is 7.89. The maximum absolute atomic E-state index is 12.1. The van der Waals surface area contributed by atoms with E-state index >= 15 is 0 Å². The normalized spacial score (nSPS) is 24.7. The van der Waals surface area contributed by atoms with Gasteiger partial charge in [-0.15, -0.1) is 0 Å². The van der Waals surface area contributed by atoms with Gasteiger partial charge in [-0.05, 0) is 31.4 Å². The second kappa shape index (κ2) is 5.97. The molecule has 0 unspecified atom stereocenters. The molecule has 0 bridgehead atoms. The molecule has 0 amide bonds. The van der Waals surface area contributed by atoms with Crippen LogP contribution in [0.2, 0.25) is 0 Å². The van der Waals surface area contributed by atoms with Gasteiger partial charge in [-0.2, -0.15) is 4.31 Å². The third kappa shape index (κ3) is 3.11. The largest absolute Gasteiger partial charge is 0.399 e. The van der Waals surface area contributed by atoms with Crippen molar-refractivity contribution in [3.63, 3.8) is 0 Å². The van der Waals surface area contributed by atoms with Crippen molar-refractivity contribution in [2.45, 2.75) is 25.3 Å². The molecule has 2 aliphatic rings. The molecule has 126 valence electrons. The minimum atomic E-state index is -3.18. The summed E-state index contributed by atoms with van der Waals surface area (Å²) in [6.07, 6.45) is 2.23. The Hall–Kier alpha value is -1.87. The smallest absolute Gasteiger partial charge is 0.292 e. The Morgan fingerprint density at radius 3 is 2.70 bits per heavy atom.